The summed E-state index contributed by atoms with van der Waals surface area (Å²) in [6.07, 6.45) is -0.512. The fraction of sp³-hybridized carbons (Fsp3) is 0.769. The van der Waals surface area contributed by atoms with Crippen molar-refractivity contribution < 1.29 is 42.4 Å². The highest BCUT2D eigenvalue weighted by Gasteiger charge is 2.31. The normalized spacial score (nSPS) is 10.9. The van der Waals surface area contributed by atoms with Crippen LogP contribution in [-0.4, -0.2) is 140 Å². The molecule has 2 N–H and O–H groups in total. The minimum atomic E-state index is -3.72. The minimum Gasteiger partial charge on any atom is -0.355 e. The number of carbonyl (C=O) groups excluding carboxylic acids is 6. The molecule has 0 aliphatic carbocycles. The summed E-state index contributed by atoms with van der Waals surface area (Å²) in [5.74, 6) is -1.73. The van der Waals surface area contributed by atoms with E-state index in [0.29, 0.717) is 0 Å². The molecule has 0 fully saturated rings. The summed E-state index contributed by atoms with van der Waals surface area (Å²) in [5.41, 5.74) is 0. The first-order valence-corrected chi connectivity index (χ1v) is 15.8. The Morgan fingerprint density at radius 3 is 1.14 bits per heavy atom. The summed E-state index contributed by atoms with van der Waals surface area (Å²) in [5, 5.41) is 5.26. The predicted molar refractivity (Wildman–Crippen MR) is 156 cm³/mol. The molecule has 0 unspecified atom stereocenters. The van der Waals surface area contributed by atoms with E-state index in [1.165, 1.54) is 54.2 Å². The number of amides is 6. The van der Waals surface area contributed by atoms with E-state index in [0.717, 1.165) is 0 Å². The fourth-order valence-electron chi connectivity index (χ4n) is 3.89. The monoisotopic (exact) mass is 620 g/mol. The van der Waals surface area contributed by atoms with Crippen LogP contribution in [0.1, 0.15) is 48.5 Å². The van der Waals surface area contributed by atoms with Crippen LogP contribution in [0.3, 0.4) is 0 Å². The number of hydrogen-bond acceptors (Lipinski definition) is 9. The SMILES string of the molecule is CCOP(=O)(CC(=O)N(CCN(CCNC(C)=O)C(C)=O)CCN(CCN(CCNC(C)=O)C(C)=O)C(C)=O)OCC. The zero-order chi connectivity index (χ0) is 32.3. The number of carbonyl (C=O) groups is 6. The number of nitrogens with zero attached hydrogens (tertiary/aromatic N) is 4. The molecule has 0 rings (SSSR count). The molecule has 0 atom stereocenters. The third-order valence-electron chi connectivity index (χ3n) is 6.10. The highest BCUT2D eigenvalue weighted by atomic mass is 31.2. The lowest BCUT2D eigenvalue weighted by atomic mass is 10.3. The third-order valence-corrected chi connectivity index (χ3v) is 8.06. The molecule has 0 aromatic heterocycles. The zero-order valence-electron chi connectivity index (χ0n) is 26.1. The lowest BCUT2D eigenvalue weighted by molar-refractivity contribution is -0.135. The predicted octanol–water partition coefficient (Wildman–Crippen LogP) is -0.101. The second kappa shape index (κ2) is 20.8. The van der Waals surface area contributed by atoms with Crippen molar-refractivity contribution in [2.24, 2.45) is 0 Å². The highest BCUT2D eigenvalue weighted by molar-refractivity contribution is 7.54. The molecule has 0 bridgehead atoms. The number of nitrogens with one attached hydrogen (secondary N) is 2. The summed E-state index contributed by atoms with van der Waals surface area (Å²) >= 11 is 0. The molecule has 15 nitrogen and oxygen atoms in total. The largest absolute Gasteiger partial charge is 0.355 e. The first kappa shape index (κ1) is 39.0. The molecular formula is C26H49N6O9P. The summed E-state index contributed by atoms with van der Waals surface area (Å²) in [4.78, 5) is 78.3. The van der Waals surface area contributed by atoms with Crippen molar-refractivity contribution in [3.63, 3.8) is 0 Å². The molecule has 0 spiro atoms. The maximum absolute atomic E-state index is 13.3. The Hall–Kier alpha value is -3.03. The minimum absolute atomic E-state index is 0.0556. The summed E-state index contributed by atoms with van der Waals surface area (Å²) in [6, 6.07) is 0. The van der Waals surface area contributed by atoms with Gasteiger partial charge in [0.2, 0.25) is 35.4 Å². The van der Waals surface area contributed by atoms with Crippen LogP contribution < -0.4 is 10.6 Å². The van der Waals surface area contributed by atoms with E-state index in [1.807, 2.05) is 0 Å². The summed E-state index contributed by atoms with van der Waals surface area (Å²) in [7, 11) is -3.72. The van der Waals surface area contributed by atoms with E-state index in [9.17, 15) is 33.3 Å². The highest BCUT2D eigenvalue weighted by Crippen LogP contribution is 2.47. The van der Waals surface area contributed by atoms with Crippen molar-refractivity contribution in [1.82, 2.24) is 30.2 Å². The van der Waals surface area contributed by atoms with Crippen molar-refractivity contribution in [1.29, 1.82) is 0 Å². The van der Waals surface area contributed by atoms with Crippen LogP contribution in [0.25, 0.3) is 0 Å². The molecule has 0 saturated heterocycles. The Labute approximate surface area is 249 Å². The average Bonchev–Trinajstić information content (AvgIpc) is 2.86. The van der Waals surface area contributed by atoms with Gasteiger partial charge in [-0.15, -0.1) is 0 Å². The van der Waals surface area contributed by atoms with Gasteiger partial charge < -0.3 is 39.3 Å². The van der Waals surface area contributed by atoms with Crippen molar-refractivity contribution >= 4 is 43.0 Å². The van der Waals surface area contributed by atoms with E-state index in [4.69, 9.17) is 9.05 Å². The first-order chi connectivity index (χ1) is 19.6. The molecule has 0 aromatic rings. The number of hydrogen-bond donors (Lipinski definition) is 2. The van der Waals surface area contributed by atoms with Crippen molar-refractivity contribution in [2.75, 3.05) is 84.8 Å². The molecule has 6 amide bonds. The van der Waals surface area contributed by atoms with Crippen LogP contribution in [0.4, 0.5) is 0 Å². The Bertz CT molecular complexity index is 955. The Balaban J connectivity index is 5.66. The van der Waals surface area contributed by atoms with Crippen molar-refractivity contribution in [2.45, 2.75) is 48.5 Å². The van der Waals surface area contributed by atoms with Crippen molar-refractivity contribution in [3.8, 4) is 0 Å². The quantitative estimate of drug-likeness (QED) is 0.166. The Morgan fingerprint density at radius 1 is 0.548 bits per heavy atom. The molecule has 242 valence electrons. The maximum atomic E-state index is 13.3. The Morgan fingerprint density at radius 2 is 0.857 bits per heavy atom. The number of rotatable bonds is 21. The molecule has 0 saturated carbocycles. The average molecular weight is 621 g/mol. The van der Waals surface area contributed by atoms with E-state index < -0.39 is 19.7 Å². The molecular weight excluding hydrogens is 571 g/mol. The van der Waals surface area contributed by atoms with E-state index in [1.54, 1.807) is 13.8 Å². The smallest absolute Gasteiger partial charge is 0.340 e. The van der Waals surface area contributed by atoms with Crippen molar-refractivity contribution in [3.05, 3.63) is 0 Å². The Kier molecular flexibility index (Phi) is 19.3. The molecule has 42 heavy (non-hydrogen) atoms. The fourth-order valence-corrected chi connectivity index (χ4v) is 5.46. The lowest BCUT2D eigenvalue weighted by Gasteiger charge is -2.31. The molecule has 0 aliphatic heterocycles. The first-order valence-electron chi connectivity index (χ1n) is 14.1. The second-order valence-corrected chi connectivity index (χ2v) is 11.5. The van der Waals surface area contributed by atoms with Gasteiger partial charge in [-0.25, -0.2) is 0 Å². The van der Waals surface area contributed by atoms with Crippen LogP contribution in [0, 0.1) is 0 Å². The maximum Gasteiger partial charge on any atom is 0.340 e. The van der Waals surface area contributed by atoms with Crippen LogP contribution in [0.5, 0.6) is 0 Å². The standard InChI is InChI=1S/C26H49N6O9P/c1-8-40-42(39,41-9-2)20-26(38)32(18-16-30(24(6)36)13-11-28-22(4)34)19-17-31(25(7)37)15-14-29(23(5)35)12-10-27-21(3)33/h8-20H2,1-7H3,(H,27,33)(H,28,34). The molecule has 0 aliphatic rings. The van der Waals surface area contributed by atoms with E-state index in [-0.39, 0.29) is 108 Å². The summed E-state index contributed by atoms with van der Waals surface area (Å²) < 4.78 is 23.6. The van der Waals surface area contributed by atoms with Gasteiger partial charge in [0.15, 0.2) is 0 Å². The molecule has 0 heterocycles. The van der Waals surface area contributed by atoms with Crippen LogP contribution in [0.15, 0.2) is 0 Å². The van der Waals surface area contributed by atoms with Gasteiger partial charge in [-0.3, -0.25) is 33.3 Å². The summed E-state index contributed by atoms with van der Waals surface area (Å²) in [6.45, 7) is 12.1. The lowest BCUT2D eigenvalue weighted by Crippen LogP contribution is -2.48. The van der Waals surface area contributed by atoms with Gasteiger partial charge in [-0.1, -0.05) is 0 Å². The molecule has 0 radical (unpaired) electrons. The van der Waals surface area contributed by atoms with Gasteiger partial charge in [0.25, 0.3) is 0 Å². The zero-order valence-corrected chi connectivity index (χ0v) is 27.0. The van der Waals surface area contributed by atoms with Crippen LogP contribution in [-0.2, 0) is 42.4 Å². The second-order valence-electron chi connectivity index (χ2n) is 9.47. The van der Waals surface area contributed by atoms with E-state index in [2.05, 4.69) is 10.6 Å². The van der Waals surface area contributed by atoms with Gasteiger partial charge in [0, 0.05) is 100 Å². The molecule has 16 heteroatoms. The third kappa shape index (κ3) is 17.0. The topological polar surface area (TPSA) is 175 Å². The van der Waals surface area contributed by atoms with Crippen LogP contribution >= 0.6 is 7.60 Å². The van der Waals surface area contributed by atoms with Gasteiger partial charge in [0.1, 0.15) is 6.16 Å². The molecule has 0 aromatic carbocycles. The van der Waals surface area contributed by atoms with E-state index >= 15 is 0 Å². The van der Waals surface area contributed by atoms with Gasteiger partial charge in [-0.05, 0) is 13.8 Å². The van der Waals surface area contributed by atoms with Gasteiger partial charge in [0.05, 0.1) is 13.2 Å². The van der Waals surface area contributed by atoms with Crippen LogP contribution in [0.2, 0.25) is 0 Å². The van der Waals surface area contributed by atoms with Gasteiger partial charge in [-0.2, -0.15) is 0 Å². The van der Waals surface area contributed by atoms with Gasteiger partial charge >= 0.3 is 7.60 Å².